The van der Waals surface area contributed by atoms with Gasteiger partial charge in [0.2, 0.25) is 0 Å². The van der Waals surface area contributed by atoms with E-state index in [-0.39, 0.29) is 5.91 Å². The van der Waals surface area contributed by atoms with Crippen LogP contribution in [0.5, 0.6) is 11.5 Å². The van der Waals surface area contributed by atoms with Gasteiger partial charge >= 0.3 is 0 Å². The standard InChI is InChI=1S/C24H25NO4/c1-27-22-12-21(13-23(14-22)28-2)24(26)25-15-19-9-6-10-20(11-19)17-29-16-18-7-4-3-5-8-18/h3-14H,15-17H2,1-2H3,(H,25,26). The fraction of sp³-hybridized carbons (Fsp3) is 0.208. The summed E-state index contributed by atoms with van der Waals surface area (Å²) >= 11 is 0. The molecule has 0 spiro atoms. The molecule has 0 atom stereocenters. The minimum Gasteiger partial charge on any atom is -0.497 e. The lowest BCUT2D eigenvalue weighted by molar-refractivity contribution is 0.0950. The fourth-order valence-corrected chi connectivity index (χ4v) is 2.91. The van der Waals surface area contributed by atoms with E-state index in [1.165, 1.54) is 0 Å². The van der Waals surface area contributed by atoms with Crippen molar-refractivity contribution in [1.82, 2.24) is 5.32 Å². The largest absolute Gasteiger partial charge is 0.497 e. The van der Waals surface area contributed by atoms with Gasteiger partial charge in [0, 0.05) is 18.2 Å². The normalized spacial score (nSPS) is 10.4. The molecule has 5 heteroatoms. The zero-order valence-corrected chi connectivity index (χ0v) is 16.7. The van der Waals surface area contributed by atoms with Crippen LogP contribution in [0.1, 0.15) is 27.0 Å². The Morgan fingerprint density at radius 3 is 2.07 bits per heavy atom. The Bertz CT molecular complexity index is 918. The molecule has 0 bridgehead atoms. The van der Waals surface area contributed by atoms with Crippen molar-refractivity contribution in [3.8, 4) is 11.5 Å². The summed E-state index contributed by atoms with van der Waals surface area (Å²) < 4.78 is 16.2. The van der Waals surface area contributed by atoms with Gasteiger partial charge in [-0.2, -0.15) is 0 Å². The van der Waals surface area contributed by atoms with E-state index in [1.807, 2.05) is 54.6 Å². The molecular weight excluding hydrogens is 366 g/mol. The van der Waals surface area contributed by atoms with E-state index in [4.69, 9.17) is 14.2 Å². The number of ether oxygens (including phenoxy) is 3. The number of methoxy groups -OCH3 is 2. The first-order valence-electron chi connectivity index (χ1n) is 9.38. The lowest BCUT2D eigenvalue weighted by Crippen LogP contribution is -2.23. The minimum atomic E-state index is -0.187. The highest BCUT2D eigenvalue weighted by Gasteiger charge is 2.10. The van der Waals surface area contributed by atoms with Gasteiger partial charge in [0.1, 0.15) is 11.5 Å². The van der Waals surface area contributed by atoms with E-state index in [0.717, 1.165) is 16.7 Å². The first-order valence-corrected chi connectivity index (χ1v) is 9.38. The molecule has 0 saturated heterocycles. The highest BCUT2D eigenvalue weighted by atomic mass is 16.5. The average Bonchev–Trinajstić information content (AvgIpc) is 2.78. The molecule has 0 aromatic heterocycles. The van der Waals surface area contributed by atoms with Crippen LogP contribution in [0.4, 0.5) is 0 Å². The topological polar surface area (TPSA) is 56.8 Å². The number of carbonyl (C=O) groups is 1. The van der Waals surface area contributed by atoms with Gasteiger partial charge in [0.15, 0.2) is 0 Å². The van der Waals surface area contributed by atoms with Crippen LogP contribution in [0, 0.1) is 0 Å². The third kappa shape index (κ3) is 6.09. The van der Waals surface area contributed by atoms with E-state index in [1.54, 1.807) is 32.4 Å². The lowest BCUT2D eigenvalue weighted by atomic mass is 10.1. The molecule has 1 N–H and O–H groups in total. The van der Waals surface area contributed by atoms with Crippen LogP contribution in [0.15, 0.2) is 72.8 Å². The number of nitrogens with one attached hydrogen (secondary N) is 1. The van der Waals surface area contributed by atoms with Gasteiger partial charge in [-0.3, -0.25) is 4.79 Å². The van der Waals surface area contributed by atoms with Crippen molar-refractivity contribution in [1.29, 1.82) is 0 Å². The van der Waals surface area contributed by atoms with Gasteiger partial charge in [0.25, 0.3) is 5.91 Å². The van der Waals surface area contributed by atoms with Crippen LogP contribution in [0.25, 0.3) is 0 Å². The third-order valence-electron chi connectivity index (χ3n) is 4.44. The minimum absolute atomic E-state index is 0.187. The van der Waals surface area contributed by atoms with E-state index in [2.05, 4.69) is 5.32 Å². The van der Waals surface area contributed by atoms with Gasteiger partial charge in [-0.25, -0.2) is 0 Å². The quantitative estimate of drug-likeness (QED) is 0.589. The Kier molecular flexibility index (Phi) is 7.25. The molecule has 5 nitrogen and oxygen atoms in total. The van der Waals surface area contributed by atoms with Crippen molar-refractivity contribution in [2.24, 2.45) is 0 Å². The van der Waals surface area contributed by atoms with Crippen molar-refractivity contribution < 1.29 is 19.0 Å². The summed E-state index contributed by atoms with van der Waals surface area (Å²) in [4.78, 5) is 12.5. The summed E-state index contributed by atoms with van der Waals surface area (Å²) in [7, 11) is 3.11. The Morgan fingerprint density at radius 2 is 1.38 bits per heavy atom. The molecule has 29 heavy (non-hydrogen) atoms. The lowest BCUT2D eigenvalue weighted by Gasteiger charge is -2.10. The predicted octanol–water partition coefficient (Wildman–Crippen LogP) is 4.35. The van der Waals surface area contributed by atoms with Crippen molar-refractivity contribution in [2.75, 3.05) is 14.2 Å². The summed E-state index contributed by atoms with van der Waals surface area (Å²) in [5.41, 5.74) is 3.71. The fourth-order valence-electron chi connectivity index (χ4n) is 2.91. The second-order valence-corrected chi connectivity index (χ2v) is 6.58. The molecule has 3 rings (SSSR count). The predicted molar refractivity (Wildman–Crippen MR) is 112 cm³/mol. The second-order valence-electron chi connectivity index (χ2n) is 6.58. The maximum absolute atomic E-state index is 12.5. The molecule has 150 valence electrons. The first kappa shape index (κ1) is 20.4. The smallest absolute Gasteiger partial charge is 0.251 e. The van der Waals surface area contributed by atoms with E-state index >= 15 is 0 Å². The molecule has 0 radical (unpaired) electrons. The van der Waals surface area contributed by atoms with E-state index < -0.39 is 0 Å². The highest BCUT2D eigenvalue weighted by molar-refractivity contribution is 5.95. The molecular formula is C24H25NO4. The van der Waals surface area contributed by atoms with Crippen LogP contribution in [0.2, 0.25) is 0 Å². The molecule has 0 aliphatic rings. The number of rotatable bonds is 9. The maximum atomic E-state index is 12.5. The zero-order chi connectivity index (χ0) is 20.5. The Morgan fingerprint density at radius 1 is 0.759 bits per heavy atom. The molecule has 0 fully saturated rings. The molecule has 3 aromatic carbocycles. The Labute approximate surface area is 171 Å². The zero-order valence-electron chi connectivity index (χ0n) is 16.7. The van der Waals surface area contributed by atoms with Crippen molar-refractivity contribution in [3.63, 3.8) is 0 Å². The van der Waals surface area contributed by atoms with Crippen molar-refractivity contribution in [2.45, 2.75) is 19.8 Å². The van der Waals surface area contributed by atoms with Gasteiger partial charge < -0.3 is 19.5 Å². The summed E-state index contributed by atoms with van der Waals surface area (Å²) in [5.74, 6) is 0.965. The monoisotopic (exact) mass is 391 g/mol. The summed E-state index contributed by atoms with van der Waals surface area (Å²) in [6.45, 7) is 1.51. The number of benzene rings is 3. The number of hydrogen-bond donors (Lipinski definition) is 1. The first-order chi connectivity index (χ1) is 14.2. The Hall–Kier alpha value is -3.31. The molecule has 0 aliphatic carbocycles. The summed E-state index contributed by atoms with van der Waals surface area (Å²) in [6, 6.07) is 23.2. The average molecular weight is 391 g/mol. The number of amides is 1. The molecule has 0 heterocycles. The van der Waals surface area contributed by atoms with Gasteiger partial charge in [0.05, 0.1) is 27.4 Å². The van der Waals surface area contributed by atoms with Crippen molar-refractivity contribution in [3.05, 3.63) is 95.1 Å². The highest BCUT2D eigenvalue weighted by Crippen LogP contribution is 2.22. The van der Waals surface area contributed by atoms with Gasteiger partial charge in [-0.05, 0) is 28.8 Å². The van der Waals surface area contributed by atoms with Crippen LogP contribution in [-0.4, -0.2) is 20.1 Å². The molecule has 0 saturated carbocycles. The summed E-state index contributed by atoms with van der Waals surface area (Å²) in [6.07, 6.45) is 0. The molecule has 0 aliphatic heterocycles. The van der Waals surface area contributed by atoms with E-state index in [9.17, 15) is 4.79 Å². The van der Waals surface area contributed by atoms with Gasteiger partial charge in [-0.1, -0.05) is 54.6 Å². The number of hydrogen-bond acceptors (Lipinski definition) is 4. The molecule has 1 amide bonds. The third-order valence-corrected chi connectivity index (χ3v) is 4.44. The number of carbonyl (C=O) groups excluding carboxylic acids is 1. The van der Waals surface area contributed by atoms with Crippen LogP contribution < -0.4 is 14.8 Å². The van der Waals surface area contributed by atoms with Crippen LogP contribution >= 0.6 is 0 Å². The molecule has 3 aromatic rings. The van der Waals surface area contributed by atoms with Crippen LogP contribution in [-0.2, 0) is 24.5 Å². The van der Waals surface area contributed by atoms with Crippen LogP contribution in [0.3, 0.4) is 0 Å². The molecule has 0 unspecified atom stereocenters. The Balaban J connectivity index is 1.55. The SMILES string of the molecule is COc1cc(OC)cc(C(=O)NCc2cccc(COCc3ccccc3)c2)c1. The maximum Gasteiger partial charge on any atom is 0.251 e. The second kappa shape index (κ2) is 10.3. The van der Waals surface area contributed by atoms with Gasteiger partial charge in [-0.15, -0.1) is 0 Å². The van der Waals surface area contributed by atoms with Crippen molar-refractivity contribution >= 4 is 5.91 Å². The summed E-state index contributed by atoms with van der Waals surface area (Å²) in [5, 5.41) is 2.94. The van der Waals surface area contributed by atoms with E-state index in [0.29, 0.717) is 36.8 Å².